The largest absolute Gasteiger partial charge is 0.368 e. The number of hydrogen-bond donors (Lipinski definition) is 0. The Kier molecular flexibility index (Phi) is 5.24. The Balaban J connectivity index is 1.44. The minimum absolute atomic E-state index is 0.0363. The van der Waals surface area contributed by atoms with Crippen molar-refractivity contribution in [3.8, 4) is 0 Å². The molecule has 0 bridgehead atoms. The van der Waals surface area contributed by atoms with Crippen LogP contribution in [0.3, 0.4) is 0 Å². The molecular weight excluding hydrogens is 399 g/mol. The van der Waals surface area contributed by atoms with Crippen LogP contribution in [0.15, 0.2) is 53.6 Å². The summed E-state index contributed by atoms with van der Waals surface area (Å²) in [4.78, 5) is 33.6. The van der Waals surface area contributed by atoms with Crippen molar-refractivity contribution in [1.82, 2.24) is 14.5 Å². The first-order valence-electron chi connectivity index (χ1n) is 8.94. The van der Waals surface area contributed by atoms with E-state index < -0.39 is 0 Å². The molecule has 1 saturated heterocycles. The third kappa shape index (κ3) is 3.84. The van der Waals surface area contributed by atoms with Crippen molar-refractivity contribution < 1.29 is 4.79 Å². The number of aromatic nitrogens is 2. The average molecular weight is 417 g/mol. The molecular formula is C20H18Cl2N4O2. The number of carbonyl (C=O) groups excluding carboxylic acids is 1. The zero-order chi connectivity index (χ0) is 19.7. The number of piperazine rings is 1. The molecule has 1 aliphatic heterocycles. The average Bonchev–Trinajstić information content (AvgIpc) is 2.70. The number of amides is 1. The predicted molar refractivity (Wildman–Crippen MR) is 111 cm³/mol. The highest BCUT2D eigenvalue weighted by atomic mass is 35.5. The van der Waals surface area contributed by atoms with Gasteiger partial charge in [-0.2, -0.15) is 0 Å². The van der Waals surface area contributed by atoms with Gasteiger partial charge in [-0.05, 0) is 36.4 Å². The van der Waals surface area contributed by atoms with E-state index in [1.807, 2.05) is 24.3 Å². The Bertz CT molecular complexity index is 1090. The van der Waals surface area contributed by atoms with E-state index in [1.165, 1.54) is 10.9 Å². The van der Waals surface area contributed by atoms with Crippen LogP contribution in [0, 0.1) is 0 Å². The fraction of sp³-hybridized carbons (Fsp3) is 0.250. The first-order valence-corrected chi connectivity index (χ1v) is 9.70. The summed E-state index contributed by atoms with van der Waals surface area (Å²) in [6.45, 7) is 2.57. The van der Waals surface area contributed by atoms with Gasteiger partial charge in [0.1, 0.15) is 6.54 Å². The molecule has 0 radical (unpaired) electrons. The number of nitrogens with zero attached hydrogens (tertiary/aromatic N) is 4. The normalized spacial score (nSPS) is 14.5. The zero-order valence-electron chi connectivity index (χ0n) is 15.0. The van der Waals surface area contributed by atoms with Gasteiger partial charge in [0.25, 0.3) is 5.56 Å². The third-order valence-corrected chi connectivity index (χ3v) is 5.37. The highest BCUT2D eigenvalue weighted by Gasteiger charge is 2.22. The summed E-state index contributed by atoms with van der Waals surface area (Å²) in [7, 11) is 0. The number of halogens is 2. The van der Waals surface area contributed by atoms with Crippen LogP contribution in [0.4, 0.5) is 5.69 Å². The standard InChI is InChI=1S/C20H18Cl2N4O2/c21-14-2-1-3-16(10-14)24-6-8-25(9-7-24)19(27)12-26-13-23-18-5-4-15(22)11-17(18)20(26)28/h1-5,10-11,13H,6-9,12H2. The van der Waals surface area contributed by atoms with Gasteiger partial charge in [-0.1, -0.05) is 29.3 Å². The lowest BCUT2D eigenvalue weighted by atomic mass is 10.2. The molecule has 0 atom stereocenters. The van der Waals surface area contributed by atoms with Gasteiger partial charge in [0.15, 0.2) is 0 Å². The summed E-state index contributed by atoms with van der Waals surface area (Å²) < 4.78 is 1.34. The van der Waals surface area contributed by atoms with E-state index in [2.05, 4.69) is 9.88 Å². The summed E-state index contributed by atoms with van der Waals surface area (Å²) in [5.74, 6) is -0.101. The Labute approximate surface area is 171 Å². The third-order valence-electron chi connectivity index (χ3n) is 4.90. The first kappa shape index (κ1) is 18.8. The van der Waals surface area contributed by atoms with Crippen molar-refractivity contribution in [3.63, 3.8) is 0 Å². The van der Waals surface area contributed by atoms with Crippen LogP contribution in [-0.4, -0.2) is 46.5 Å². The molecule has 1 amide bonds. The van der Waals surface area contributed by atoms with Gasteiger partial charge < -0.3 is 9.80 Å². The van der Waals surface area contributed by atoms with Gasteiger partial charge in [-0.25, -0.2) is 4.98 Å². The van der Waals surface area contributed by atoms with Crippen molar-refractivity contribution in [1.29, 1.82) is 0 Å². The summed E-state index contributed by atoms with van der Waals surface area (Å²) in [6, 6.07) is 12.6. The Morgan fingerprint density at radius 2 is 1.75 bits per heavy atom. The second kappa shape index (κ2) is 7.81. The minimum atomic E-state index is -0.265. The fourth-order valence-electron chi connectivity index (χ4n) is 3.38. The van der Waals surface area contributed by atoms with Crippen LogP contribution in [0.25, 0.3) is 10.9 Å². The Morgan fingerprint density at radius 3 is 2.50 bits per heavy atom. The molecule has 0 saturated carbocycles. The van der Waals surface area contributed by atoms with Crippen molar-refractivity contribution in [2.75, 3.05) is 31.1 Å². The monoisotopic (exact) mass is 416 g/mol. The highest BCUT2D eigenvalue weighted by Crippen LogP contribution is 2.21. The molecule has 1 aliphatic rings. The molecule has 4 rings (SSSR count). The summed E-state index contributed by atoms with van der Waals surface area (Å²) in [6.07, 6.45) is 1.42. The molecule has 0 unspecified atom stereocenters. The quantitative estimate of drug-likeness (QED) is 0.658. The van der Waals surface area contributed by atoms with E-state index in [0.717, 1.165) is 5.69 Å². The minimum Gasteiger partial charge on any atom is -0.368 e. The molecule has 2 heterocycles. The second-order valence-corrected chi connectivity index (χ2v) is 7.56. The second-order valence-electron chi connectivity index (χ2n) is 6.69. The number of hydrogen-bond acceptors (Lipinski definition) is 4. The summed E-state index contributed by atoms with van der Waals surface area (Å²) in [5.41, 5.74) is 1.35. The maximum Gasteiger partial charge on any atom is 0.261 e. The molecule has 28 heavy (non-hydrogen) atoms. The van der Waals surface area contributed by atoms with Crippen LogP contribution in [0.1, 0.15) is 0 Å². The smallest absolute Gasteiger partial charge is 0.261 e. The van der Waals surface area contributed by atoms with Gasteiger partial charge in [0.2, 0.25) is 5.91 Å². The van der Waals surface area contributed by atoms with Crippen LogP contribution >= 0.6 is 23.2 Å². The summed E-state index contributed by atoms with van der Waals surface area (Å²) >= 11 is 12.0. The highest BCUT2D eigenvalue weighted by molar-refractivity contribution is 6.31. The SMILES string of the molecule is O=C(Cn1cnc2ccc(Cl)cc2c1=O)N1CCN(c2cccc(Cl)c2)CC1. The lowest BCUT2D eigenvalue weighted by Gasteiger charge is -2.36. The van der Waals surface area contributed by atoms with Crippen LogP contribution < -0.4 is 10.5 Å². The van der Waals surface area contributed by atoms with Crippen LogP contribution in [-0.2, 0) is 11.3 Å². The number of fused-ring (bicyclic) bond motifs is 1. The zero-order valence-corrected chi connectivity index (χ0v) is 16.5. The molecule has 0 aliphatic carbocycles. The van der Waals surface area contributed by atoms with Crippen LogP contribution in [0.2, 0.25) is 10.0 Å². The molecule has 0 spiro atoms. The van der Waals surface area contributed by atoms with E-state index in [9.17, 15) is 9.59 Å². The molecule has 6 nitrogen and oxygen atoms in total. The molecule has 3 aromatic rings. The maximum atomic E-state index is 12.7. The topological polar surface area (TPSA) is 58.4 Å². The van der Waals surface area contributed by atoms with Crippen molar-refractivity contribution in [3.05, 3.63) is 69.2 Å². The lowest BCUT2D eigenvalue weighted by molar-refractivity contribution is -0.132. The van der Waals surface area contributed by atoms with Crippen LogP contribution in [0.5, 0.6) is 0 Å². The van der Waals surface area contributed by atoms with Crippen molar-refractivity contribution >= 4 is 45.7 Å². The van der Waals surface area contributed by atoms with Gasteiger partial charge in [0, 0.05) is 41.9 Å². The fourth-order valence-corrected chi connectivity index (χ4v) is 3.73. The molecule has 8 heteroatoms. The van der Waals surface area contributed by atoms with Crippen molar-refractivity contribution in [2.45, 2.75) is 6.54 Å². The molecule has 1 fully saturated rings. The number of benzene rings is 2. The van der Waals surface area contributed by atoms with E-state index in [4.69, 9.17) is 23.2 Å². The van der Waals surface area contributed by atoms with E-state index in [1.54, 1.807) is 23.1 Å². The molecule has 2 aromatic carbocycles. The maximum absolute atomic E-state index is 12.7. The van der Waals surface area contributed by atoms with E-state index in [0.29, 0.717) is 47.1 Å². The predicted octanol–water partition coefficient (Wildman–Crippen LogP) is 3.05. The summed E-state index contributed by atoms with van der Waals surface area (Å²) in [5, 5.41) is 1.57. The van der Waals surface area contributed by atoms with E-state index >= 15 is 0 Å². The number of rotatable bonds is 3. The first-order chi connectivity index (χ1) is 13.5. The Morgan fingerprint density at radius 1 is 1.00 bits per heavy atom. The Hall–Kier alpha value is -2.57. The molecule has 144 valence electrons. The van der Waals surface area contributed by atoms with Gasteiger partial charge >= 0.3 is 0 Å². The lowest BCUT2D eigenvalue weighted by Crippen LogP contribution is -2.50. The van der Waals surface area contributed by atoms with Gasteiger partial charge in [-0.15, -0.1) is 0 Å². The van der Waals surface area contributed by atoms with Crippen molar-refractivity contribution in [2.24, 2.45) is 0 Å². The van der Waals surface area contributed by atoms with Gasteiger partial charge in [-0.3, -0.25) is 14.2 Å². The number of carbonyl (C=O) groups is 1. The molecule has 0 N–H and O–H groups in total. The number of anilines is 1. The molecule has 1 aromatic heterocycles. The van der Waals surface area contributed by atoms with Gasteiger partial charge in [0.05, 0.1) is 17.2 Å². The van der Waals surface area contributed by atoms with E-state index in [-0.39, 0.29) is 18.0 Å².